The van der Waals surface area contributed by atoms with Gasteiger partial charge in [-0.1, -0.05) is 93.4 Å². The van der Waals surface area contributed by atoms with Crippen molar-refractivity contribution in [1.82, 2.24) is 0 Å². The average molecular weight is 502 g/mol. The fraction of sp³-hybridized carbons (Fsp3) is 0.308. The van der Waals surface area contributed by atoms with Crippen LogP contribution in [0.15, 0.2) is 91.0 Å². The Morgan fingerprint density at radius 1 is 0.606 bits per heavy atom. The van der Waals surface area contributed by atoms with E-state index in [4.69, 9.17) is 9.05 Å². The molecule has 33 heavy (non-hydrogen) atoms. The van der Waals surface area contributed by atoms with Gasteiger partial charge in [0.25, 0.3) is 14.1 Å². The molecule has 4 nitrogen and oxygen atoms in total. The van der Waals surface area contributed by atoms with E-state index in [1.165, 1.54) is 0 Å². The molecular formula is C26H33O4P3. The summed E-state index contributed by atoms with van der Waals surface area (Å²) >= 11 is 0. The first-order valence-electron chi connectivity index (χ1n) is 11.5. The molecule has 176 valence electrons. The maximum absolute atomic E-state index is 15.0. The van der Waals surface area contributed by atoms with Gasteiger partial charge in [0.1, 0.15) is 7.30 Å². The van der Waals surface area contributed by atoms with Crippen LogP contribution in [-0.2, 0) is 18.2 Å². The summed E-state index contributed by atoms with van der Waals surface area (Å²) in [6.07, 6.45) is 3.39. The minimum absolute atomic E-state index is 0.345. The van der Waals surface area contributed by atoms with E-state index in [1.807, 2.05) is 91.0 Å². The van der Waals surface area contributed by atoms with Crippen molar-refractivity contribution in [3.63, 3.8) is 0 Å². The fourth-order valence-corrected chi connectivity index (χ4v) is 19.9. The quantitative estimate of drug-likeness (QED) is 0.180. The van der Waals surface area contributed by atoms with Gasteiger partial charge in [0.05, 0.1) is 13.2 Å². The zero-order valence-corrected chi connectivity index (χ0v) is 22.1. The van der Waals surface area contributed by atoms with Gasteiger partial charge >= 0.3 is 0 Å². The Labute approximate surface area is 199 Å². The molecular weight excluding hydrogens is 469 g/mol. The third-order valence-electron chi connectivity index (χ3n) is 5.18. The first-order chi connectivity index (χ1) is 16.1. The van der Waals surface area contributed by atoms with Crippen molar-refractivity contribution >= 4 is 37.3 Å². The van der Waals surface area contributed by atoms with Gasteiger partial charge in [-0.25, -0.2) is 0 Å². The predicted molar refractivity (Wildman–Crippen MR) is 142 cm³/mol. The molecule has 0 saturated carbocycles. The number of hydrogen-bond donors (Lipinski definition) is 0. The number of rotatable bonds is 13. The molecule has 0 radical (unpaired) electrons. The second kappa shape index (κ2) is 12.8. The Kier molecular flexibility index (Phi) is 10.1. The Morgan fingerprint density at radius 3 is 1.33 bits per heavy atom. The summed E-state index contributed by atoms with van der Waals surface area (Å²) in [5.74, 6) is 0. The van der Waals surface area contributed by atoms with Crippen molar-refractivity contribution in [2.75, 3.05) is 13.2 Å². The molecule has 0 aliphatic carbocycles. The second-order valence-corrected chi connectivity index (χ2v) is 18.9. The standard InChI is InChI=1S/C26H33O4P3/c1-3-5-22-29-32(27,25-18-12-8-13-19-25)31(24-16-10-7-11-17-24)33(28,30-23-6-4-2)26-20-14-9-15-21-26/h7-21H,3-6,22-23H2,1-2H3. The molecule has 3 rings (SSSR count). The van der Waals surface area contributed by atoms with Crippen molar-refractivity contribution in [1.29, 1.82) is 0 Å². The molecule has 0 bridgehead atoms. The lowest BCUT2D eigenvalue weighted by molar-refractivity contribution is 0.319. The van der Waals surface area contributed by atoms with Crippen LogP contribution >= 0.6 is 21.4 Å². The first kappa shape index (κ1) is 26.1. The summed E-state index contributed by atoms with van der Waals surface area (Å²) in [5, 5.41) is 1.94. The van der Waals surface area contributed by atoms with E-state index >= 15 is 0 Å². The van der Waals surface area contributed by atoms with Crippen LogP contribution < -0.4 is 15.9 Å². The predicted octanol–water partition coefficient (Wildman–Crippen LogP) is 7.46. The zero-order valence-electron chi connectivity index (χ0n) is 19.4. The third kappa shape index (κ3) is 6.33. The van der Waals surface area contributed by atoms with Crippen molar-refractivity contribution in [3.05, 3.63) is 91.0 Å². The highest BCUT2D eigenvalue weighted by atomic mass is 32.5. The summed E-state index contributed by atoms with van der Waals surface area (Å²) in [7, 11) is -9.05. The minimum Gasteiger partial charge on any atom is -0.322 e. The van der Waals surface area contributed by atoms with Crippen LogP contribution in [0.4, 0.5) is 0 Å². The molecule has 3 aromatic rings. The van der Waals surface area contributed by atoms with Crippen LogP contribution in [0.3, 0.4) is 0 Å². The SMILES string of the molecule is CCCCOP(=O)(c1ccccc1)P(c1ccccc1)P(=O)(OCCCC)c1ccccc1. The Balaban J connectivity index is 2.25. The highest BCUT2D eigenvalue weighted by Gasteiger charge is 2.51. The van der Waals surface area contributed by atoms with E-state index in [-0.39, 0.29) is 0 Å². The lowest BCUT2D eigenvalue weighted by atomic mass is 10.4. The molecule has 7 heteroatoms. The molecule has 0 aromatic heterocycles. The van der Waals surface area contributed by atoms with E-state index in [0.717, 1.165) is 31.0 Å². The molecule has 2 unspecified atom stereocenters. The molecule has 0 aliphatic rings. The van der Waals surface area contributed by atoms with E-state index in [1.54, 1.807) is 0 Å². The van der Waals surface area contributed by atoms with Crippen molar-refractivity contribution in [2.45, 2.75) is 39.5 Å². The summed E-state index contributed by atoms with van der Waals surface area (Å²) in [5.41, 5.74) is 0. The fourth-order valence-electron chi connectivity index (χ4n) is 3.40. The van der Waals surface area contributed by atoms with E-state index < -0.39 is 21.4 Å². The van der Waals surface area contributed by atoms with Crippen LogP contribution in [0.5, 0.6) is 0 Å². The molecule has 0 amide bonds. The average Bonchev–Trinajstić information content (AvgIpc) is 2.86. The molecule has 0 heterocycles. The van der Waals surface area contributed by atoms with E-state index in [2.05, 4.69) is 13.8 Å². The summed E-state index contributed by atoms with van der Waals surface area (Å²) < 4.78 is 42.6. The Morgan fingerprint density at radius 2 is 0.970 bits per heavy atom. The topological polar surface area (TPSA) is 52.6 Å². The molecule has 0 N–H and O–H groups in total. The van der Waals surface area contributed by atoms with Crippen molar-refractivity contribution in [3.8, 4) is 0 Å². The Bertz CT molecular complexity index is 991. The van der Waals surface area contributed by atoms with Crippen molar-refractivity contribution < 1.29 is 18.2 Å². The lowest BCUT2D eigenvalue weighted by Gasteiger charge is -2.34. The second-order valence-electron chi connectivity index (χ2n) is 7.71. The highest BCUT2D eigenvalue weighted by molar-refractivity contribution is 8.67. The maximum Gasteiger partial charge on any atom is 0.265 e. The van der Waals surface area contributed by atoms with Gasteiger partial charge in [0.15, 0.2) is 0 Å². The number of unbranched alkanes of at least 4 members (excludes halogenated alkanes) is 2. The summed E-state index contributed by atoms with van der Waals surface area (Å²) in [6, 6.07) is 28.0. The van der Waals surface area contributed by atoms with Gasteiger partial charge in [-0.2, -0.15) is 0 Å². The van der Waals surface area contributed by atoms with Gasteiger partial charge < -0.3 is 9.05 Å². The van der Waals surface area contributed by atoms with Crippen molar-refractivity contribution in [2.24, 2.45) is 0 Å². The minimum atomic E-state index is -3.59. The summed E-state index contributed by atoms with van der Waals surface area (Å²) in [6.45, 7) is 4.83. The van der Waals surface area contributed by atoms with Crippen LogP contribution in [0, 0.1) is 0 Å². The van der Waals surface area contributed by atoms with Crippen LogP contribution in [-0.4, -0.2) is 13.2 Å². The van der Waals surface area contributed by atoms with E-state index in [0.29, 0.717) is 23.8 Å². The van der Waals surface area contributed by atoms with Crippen LogP contribution in [0.25, 0.3) is 0 Å². The largest absolute Gasteiger partial charge is 0.322 e. The van der Waals surface area contributed by atoms with Gasteiger partial charge in [0.2, 0.25) is 0 Å². The monoisotopic (exact) mass is 502 g/mol. The van der Waals surface area contributed by atoms with Gasteiger partial charge in [-0.15, -0.1) is 0 Å². The van der Waals surface area contributed by atoms with Gasteiger partial charge in [0, 0.05) is 10.6 Å². The normalized spacial score (nSPS) is 15.9. The third-order valence-corrected chi connectivity index (χ3v) is 20.6. The molecule has 0 saturated heterocycles. The first-order valence-corrected chi connectivity index (χ1v) is 17.5. The molecule has 0 fully saturated rings. The highest BCUT2D eigenvalue weighted by Crippen LogP contribution is 2.93. The van der Waals surface area contributed by atoms with Crippen LogP contribution in [0.1, 0.15) is 39.5 Å². The van der Waals surface area contributed by atoms with Gasteiger partial charge in [-0.05, 0) is 42.4 Å². The zero-order chi connectivity index (χ0) is 23.6. The smallest absolute Gasteiger partial charge is 0.265 e. The summed E-state index contributed by atoms with van der Waals surface area (Å²) in [4.78, 5) is 0. The molecule has 0 aliphatic heterocycles. The van der Waals surface area contributed by atoms with Gasteiger partial charge in [-0.3, -0.25) is 9.13 Å². The molecule has 2 atom stereocenters. The Hall–Kier alpha value is -1.53. The van der Waals surface area contributed by atoms with E-state index in [9.17, 15) is 9.13 Å². The molecule has 3 aromatic carbocycles. The lowest BCUT2D eigenvalue weighted by Crippen LogP contribution is -2.17. The molecule has 0 spiro atoms. The maximum atomic E-state index is 15.0. The van der Waals surface area contributed by atoms with Crippen LogP contribution in [0.2, 0.25) is 0 Å². The number of benzene rings is 3. The number of hydrogen-bond acceptors (Lipinski definition) is 4.